The van der Waals surface area contributed by atoms with E-state index in [2.05, 4.69) is 11.8 Å². The average Bonchev–Trinajstić information content (AvgIpc) is 2.53. The van der Waals surface area contributed by atoms with E-state index in [0.29, 0.717) is 23.9 Å². The van der Waals surface area contributed by atoms with Crippen molar-refractivity contribution in [2.45, 2.75) is 83.2 Å². The monoisotopic (exact) mass is 292 g/mol. The van der Waals surface area contributed by atoms with Gasteiger partial charge < -0.3 is 10.6 Å². The first-order valence-corrected chi connectivity index (χ1v) is 9.23. The van der Waals surface area contributed by atoms with E-state index in [-0.39, 0.29) is 5.92 Å². The number of piperidine rings is 1. The largest absolute Gasteiger partial charge is 0.339 e. The van der Waals surface area contributed by atoms with Crippen molar-refractivity contribution in [1.82, 2.24) is 4.90 Å². The van der Waals surface area contributed by atoms with Gasteiger partial charge in [-0.15, -0.1) is 0 Å². The summed E-state index contributed by atoms with van der Waals surface area (Å²) in [5.41, 5.74) is 6.12. The maximum atomic E-state index is 13.0. The minimum absolute atomic E-state index is 0.178. The first-order chi connectivity index (χ1) is 10.2. The molecule has 3 aliphatic rings. The molecule has 0 aromatic heterocycles. The summed E-state index contributed by atoms with van der Waals surface area (Å²) in [5, 5.41) is 0. The van der Waals surface area contributed by atoms with Crippen molar-refractivity contribution < 1.29 is 4.79 Å². The fourth-order valence-corrected chi connectivity index (χ4v) is 5.08. The Kier molecular flexibility index (Phi) is 4.88. The number of rotatable bonds is 2. The Morgan fingerprint density at radius 2 is 1.81 bits per heavy atom. The summed E-state index contributed by atoms with van der Waals surface area (Å²) in [7, 11) is 0. The first-order valence-electron chi connectivity index (χ1n) is 9.23. The number of amides is 1. The molecular formula is C18H32N2O. The predicted molar refractivity (Wildman–Crippen MR) is 85.8 cm³/mol. The van der Waals surface area contributed by atoms with Crippen LogP contribution >= 0.6 is 0 Å². The van der Waals surface area contributed by atoms with Crippen LogP contribution in [0.15, 0.2) is 0 Å². The van der Waals surface area contributed by atoms with Crippen molar-refractivity contribution in [3.63, 3.8) is 0 Å². The molecule has 3 fully saturated rings. The zero-order chi connectivity index (χ0) is 14.8. The van der Waals surface area contributed by atoms with Crippen molar-refractivity contribution in [2.24, 2.45) is 23.5 Å². The van der Waals surface area contributed by atoms with Gasteiger partial charge >= 0.3 is 0 Å². The lowest BCUT2D eigenvalue weighted by Gasteiger charge is -2.46. The molecular weight excluding hydrogens is 260 g/mol. The highest BCUT2D eigenvalue weighted by Gasteiger charge is 2.39. The van der Waals surface area contributed by atoms with Gasteiger partial charge in [0.25, 0.3) is 0 Å². The molecule has 0 radical (unpaired) electrons. The van der Waals surface area contributed by atoms with Crippen LogP contribution in [0.25, 0.3) is 0 Å². The Morgan fingerprint density at radius 1 is 1.05 bits per heavy atom. The molecule has 0 bridgehead atoms. The summed E-state index contributed by atoms with van der Waals surface area (Å²) in [6.07, 6.45) is 12.4. The van der Waals surface area contributed by atoms with E-state index in [1.54, 1.807) is 0 Å². The molecule has 120 valence electrons. The van der Waals surface area contributed by atoms with E-state index in [9.17, 15) is 4.79 Å². The van der Waals surface area contributed by atoms with Crippen LogP contribution in [0.3, 0.4) is 0 Å². The van der Waals surface area contributed by atoms with Crippen LogP contribution in [0.2, 0.25) is 0 Å². The highest BCUT2D eigenvalue weighted by molar-refractivity contribution is 5.79. The summed E-state index contributed by atoms with van der Waals surface area (Å²) in [6.45, 7) is 3.17. The number of carbonyl (C=O) groups is 1. The van der Waals surface area contributed by atoms with E-state index in [1.165, 1.54) is 51.4 Å². The van der Waals surface area contributed by atoms with Crippen molar-refractivity contribution in [1.29, 1.82) is 0 Å². The van der Waals surface area contributed by atoms with Crippen LogP contribution in [0, 0.1) is 17.8 Å². The van der Waals surface area contributed by atoms with E-state index in [4.69, 9.17) is 5.73 Å². The molecule has 1 aliphatic heterocycles. The molecule has 0 aromatic rings. The average molecular weight is 292 g/mol. The minimum Gasteiger partial charge on any atom is -0.339 e. The molecule has 3 heteroatoms. The van der Waals surface area contributed by atoms with Crippen molar-refractivity contribution in [2.75, 3.05) is 6.54 Å². The lowest BCUT2D eigenvalue weighted by molar-refractivity contribution is -0.143. The van der Waals surface area contributed by atoms with Crippen LogP contribution < -0.4 is 5.73 Å². The molecule has 3 rings (SSSR count). The van der Waals surface area contributed by atoms with Crippen LogP contribution in [-0.4, -0.2) is 29.4 Å². The molecule has 0 spiro atoms. The highest BCUT2D eigenvalue weighted by atomic mass is 16.2. The van der Waals surface area contributed by atoms with Gasteiger partial charge in [-0.1, -0.05) is 26.2 Å². The highest BCUT2D eigenvalue weighted by Crippen LogP contribution is 2.37. The molecule has 1 amide bonds. The summed E-state index contributed by atoms with van der Waals surface area (Å²) in [4.78, 5) is 15.3. The molecule has 21 heavy (non-hydrogen) atoms. The smallest absolute Gasteiger partial charge is 0.225 e. The Morgan fingerprint density at radius 3 is 2.62 bits per heavy atom. The molecule has 5 atom stereocenters. The van der Waals surface area contributed by atoms with Crippen LogP contribution in [0.1, 0.15) is 71.1 Å². The quantitative estimate of drug-likeness (QED) is 0.848. The van der Waals surface area contributed by atoms with Gasteiger partial charge in [0, 0.05) is 24.5 Å². The predicted octanol–water partition coefficient (Wildman–Crippen LogP) is 3.32. The van der Waals surface area contributed by atoms with Gasteiger partial charge in [-0.2, -0.15) is 0 Å². The van der Waals surface area contributed by atoms with Gasteiger partial charge in [0.1, 0.15) is 0 Å². The molecule has 1 heterocycles. The molecule has 0 aromatic carbocycles. The minimum atomic E-state index is 0.178. The van der Waals surface area contributed by atoms with Gasteiger partial charge in [0.2, 0.25) is 5.91 Å². The SMILES string of the molecule is CC(C(=O)N1CCC[C@H]2CCCC[C@H]21)C1CCCC(N)C1. The fraction of sp³-hybridized carbons (Fsp3) is 0.944. The van der Waals surface area contributed by atoms with Crippen molar-refractivity contribution in [3.8, 4) is 0 Å². The maximum absolute atomic E-state index is 13.0. The lowest BCUT2D eigenvalue weighted by atomic mass is 9.75. The third-order valence-electron chi connectivity index (χ3n) is 6.38. The molecule has 2 saturated carbocycles. The molecule has 2 aliphatic carbocycles. The number of carbonyl (C=O) groups excluding carboxylic acids is 1. The van der Waals surface area contributed by atoms with Gasteiger partial charge in [-0.25, -0.2) is 0 Å². The molecule has 3 nitrogen and oxygen atoms in total. The number of likely N-dealkylation sites (tertiary alicyclic amines) is 1. The van der Waals surface area contributed by atoms with E-state index in [1.807, 2.05) is 0 Å². The number of hydrogen-bond acceptors (Lipinski definition) is 2. The lowest BCUT2D eigenvalue weighted by Crippen LogP contribution is -2.52. The third-order valence-corrected chi connectivity index (χ3v) is 6.38. The summed E-state index contributed by atoms with van der Waals surface area (Å²) >= 11 is 0. The van der Waals surface area contributed by atoms with Crippen LogP contribution in [0.4, 0.5) is 0 Å². The van der Waals surface area contributed by atoms with Gasteiger partial charge in [0.05, 0.1) is 0 Å². The van der Waals surface area contributed by atoms with Crippen LogP contribution in [0.5, 0.6) is 0 Å². The number of hydrogen-bond donors (Lipinski definition) is 1. The van der Waals surface area contributed by atoms with Gasteiger partial charge in [-0.05, 0) is 56.8 Å². The standard InChI is InChI=1S/C18H32N2O/c1-13(15-7-4-9-16(19)12-15)18(21)20-11-5-8-14-6-2-3-10-17(14)20/h13-17H,2-12,19H2,1H3/t13?,14-,15?,16?,17-/m1/s1. The first kappa shape index (κ1) is 15.3. The van der Waals surface area contributed by atoms with Crippen molar-refractivity contribution in [3.05, 3.63) is 0 Å². The zero-order valence-corrected chi connectivity index (χ0v) is 13.6. The Bertz CT molecular complexity index is 368. The normalized spacial score (nSPS) is 38.7. The topological polar surface area (TPSA) is 46.3 Å². The number of fused-ring (bicyclic) bond motifs is 1. The number of nitrogens with two attached hydrogens (primary N) is 1. The zero-order valence-electron chi connectivity index (χ0n) is 13.6. The molecule has 2 N–H and O–H groups in total. The van der Waals surface area contributed by atoms with E-state index < -0.39 is 0 Å². The molecule has 1 saturated heterocycles. The summed E-state index contributed by atoms with van der Waals surface area (Å²) < 4.78 is 0. The van der Waals surface area contributed by atoms with Crippen molar-refractivity contribution >= 4 is 5.91 Å². The third kappa shape index (κ3) is 3.28. The second-order valence-corrected chi connectivity index (χ2v) is 7.76. The Hall–Kier alpha value is -0.570. The summed E-state index contributed by atoms with van der Waals surface area (Å²) in [6, 6.07) is 0.877. The summed E-state index contributed by atoms with van der Waals surface area (Å²) in [5.74, 6) is 1.92. The van der Waals surface area contributed by atoms with E-state index in [0.717, 1.165) is 25.3 Å². The second kappa shape index (κ2) is 6.68. The Balaban J connectivity index is 1.65. The van der Waals surface area contributed by atoms with E-state index >= 15 is 0 Å². The Labute approximate surface area is 129 Å². The maximum Gasteiger partial charge on any atom is 0.225 e. The van der Waals surface area contributed by atoms with Gasteiger partial charge in [0.15, 0.2) is 0 Å². The molecule has 3 unspecified atom stereocenters. The number of nitrogens with zero attached hydrogens (tertiary/aromatic N) is 1. The van der Waals surface area contributed by atoms with Gasteiger partial charge in [-0.3, -0.25) is 4.79 Å². The second-order valence-electron chi connectivity index (χ2n) is 7.76. The fourth-order valence-electron chi connectivity index (χ4n) is 5.08. The van der Waals surface area contributed by atoms with Crippen LogP contribution in [-0.2, 0) is 4.79 Å².